The summed E-state index contributed by atoms with van der Waals surface area (Å²) in [5.41, 5.74) is 1.26. The highest BCUT2D eigenvalue weighted by Crippen LogP contribution is 2.08. The van der Waals surface area contributed by atoms with Gasteiger partial charge in [-0.3, -0.25) is 0 Å². The Bertz CT molecular complexity index is 606. The van der Waals surface area contributed by atoms with E-state index in [1.54, 1.807) is 0 Å². The average Bonchev–Trinajstić information content (AvgIpc) is 2.48. The van der Waals surface area contributed by atoms with Crippen LogP contribution in [0.2, 0.25) is 0 Å². The number of aliphatic hydroxyl groups is 1. The molecule has 0 aliphatic rings. The van der Waals surface area contributed by atoms with E-state index in [2.05, 4.69) is 35.9 Å². The maximum Gasteiger partial charge on any atom is 0.357 e. The van der Waals surface area contributed by atoms with Gasteiger partial charge >= 0.3 is 27.2 Å². The van der Waals surface area contributed by atoms with Gasteiger partial charge in [0.25, 0.3) is 0 Å². The molecule has 0 radical (unpaired) electrons. The zero-order chi connectivity index (χ0) is 15.9. The number of ether oxygens (including phenoxy) is 2. The van der Waals surface area contributed by atoms with Gasteiger partial charge in [0.1, 0.15) is 5.75 Å². The minimum atomic E-state index is -1.11. The van der Waals surface area contributed by atoms with Crippen molar-refractivity contribution < 1.29 is 40.6 Å². The van der Waals surface area contributed by atoms with E-state index in [9.17, 15) is 4.79 Å². The second-order valence-electron chi connectivity index (χ2n) is 4.72. The number of aliphatic hydroxyl groups excluding tert-OH is 1. The fraction of sp³-hybridized carbons (Fsp3) is 0.235. The average molecular weight is 413 g/mol. The van der Waals surface area contributed by atoms with Crippen molar-refractivity contribution in [3.05, 3.63) is 61.2 Å². The molecule has 1 unspecified atom stereocenters. The van der Waals surface area contributed by atoms with Crippen molar-refractivity contribution in [1.82, 2.24) is 0 Å². The molecule has 1 atom stereocenters. The van der Waals surface area contributed by atoms with E-state index >= 15 is 0 Å². The van der Waals surface area contributed by atoms with Gasteiger partial charge in [0, 0.05) is 0 Å². The lowest BCUT2D eigenvalue weighted by Crippen LogP contribution is -3.61. The summed E-state index contributed by atoms with van der Waals surface area (Å²) in [4.78, 5) is 11.3. The molecule has 0 aromatic heterocycles. The molecular weight excluding hydrogens is 395 g/mol. The third-order valence-electron chi connectivity index (χ3n) is 2.70. The minimum Gasteiger partial charge on any atom is -0.482 e. The maximum atomic E-state index is 11.3. The van der Waals surface area contributed by atoms with Crippen LogP contribution in [0.15, 0.2) is 48.5 Å². The topological polar surface area (TPSA) is 55.8 Å². The number of hydrogen-bond acceptors (Lipinski definition) is 4. The third kappa shape index (κ3) is 5.65. The Morgan fingerprint density at radius 1 is 1.09 bits per heavy atom. The Kier molecular flexibility index (Phi) is 6.21. The van der Waals surface area contributed by atoms with Crippen molar-refractivity contribution in [2.45, 2.75) is 20.1 Å². The van der Waals surface area contributed by atoms with Crippen LogP contribution in [0.4, 0.5) is 0 Å². The van der Waals surface area contributed by atoms with Crippen LogP contribution in [0, 0.1) is 14.1 Å². The molecule has 2 rings (SSSR count). The van der Waals surface area contributed by atoms with Gasteiger partial charge in [-0.2, -0.15) is 0 Å². The number of aryl methyl sites for hydroxylation is 1. The normalized spacial score (nSPS) is 11.8. The molecule has 0 heterocycles. The molecule has 1 N–H and O–H groups in total. The highest BCUT2D eigenvalue weighted by Gasteiger charge is 2.15. The lowest BCUT2D eigenvalue weighted by Gasteiger charge is -2.08. The van der Waals surface area contributed by atoms with E-state index in [0.29, 0.717) is 5.75 Å². The summed E-state index contributed by atoms with van der Waals surface area (Å²) >= 11 is -0.212. The quantitative estimate of drug-likeness (QED) is 0.390. The molecule has 0 fully saturated rings. The first-order chi connectivity index (χ1) is 10.5. The standard InChI is InChI=1S/C17H18IO4/c1-12-3-5-14(6-4-12)18-15-7-9-16(10-8-15)21-11-17(20)22-13(2)19/h3-10,13,19H,11H2,1-2H3/q+1. The molecule has 0 aliphatic carbocycles. The van der Waals surface area contributed by atoms with Crippen molar-refractivity contribution >= 4 is 5.97 Å². The van der Waals surface area contributed by atoms with Crippen LogP contribution in [-0.2, 0) is 9.53 Å². The summed E-state index contributed by atoms with van der Waals surface area (Å²) in [5, 5.41) is 8.92. The predicted molar refractivity (Wildman–Crippen MR) is 78.3 cm³/mol. The maximum absolute atomic E-state index is 11.3. The highest BCUT2D eigenvalue weighted by atomic mass is 127. The second-order valence-corrected chi connectivity index (χ2v) is 7.75. The number of halogens is 1. The Morgan fingerprint density at radius 3 is 2.18 bits per heavy atom. The predicted octanol–water partition coefficient (Wildman–Crippen LogP) is -0.616. The largest absolute Gasteiger partial charge is 0.482 e. The molecule has 2 aromatic rings. The summed E-state index contributed by atoms with van der Waals surface area (Å²) < 4.78 is 12.5. The van der Waals surface area contributed by atoms with Gasteiger partial charge < -0.3 is 14.6 Å². The molecule has 5 heteroatoms. The molecule has 0 saturated carbocycles. The smallest absolute Gasteiger partial charge is 0.357 e. The molecule has 0 spiro atoms. The molecular formula is C17H18IO4+. The van der Waals surface area contributed by atoms with Crippen molar-refractivity contribution in [2.24, 2.45) is 0 Å². The Hall–Kier alpha value is -1.60. The van der Waals surface area contributed by atoms with Gasteiger partial charge in [0.05, 0.1) is 0 Å². The lowest BCUT2D eigenvalue weighted by atomic mass is 10.2. The van der Waals surface area contributed by atoms with Crippen molar-refractivity contribution in [2.75, 3.05) is 6.61 Å². The van der Waals surface area contributed by atoms with Gasteiger partial charge in [-0.25, -0.2) is 4.79 Å². The fourth-order valence-corrected chi connectivity index (χ4v) is 3.84. The van der Waals surface area contributed by atoms with Crippen molar-refractivity contribution in [3.8, 4) is 5.75 Å². The summed E-state index contributed by atoms with van der Waals surface area (Å²) in [6, 6.07) is 16.3. The number of hydrogen-bond donors (Lipinski definition) is 1. The van der Waals surface area contributed by atoms with Crippen LogP contribution in [0.1, 0.15) is 12.5 Å². The second kappa shape index (κ2) is 8.14. The first-order valence-electron chi connectivity index (χ1n) is 6.85. The summed E-state index contributed by atoms with van der Waals surface area (Å²) in [7, 11) is 0. The van der Waals surface area contributed by atoms with Gasteiger partial charge in [0.15, 0.2) is 20.0 Å². The van der Waals surface area contributed by atoms with Gasteiger partial charge in [-0.1, -0.05) is 17.7 Å². The zero-order valence-electron chi connectivity index (χ0n) is 12.5. The monoisotopic (exact) mass is 413 g/mol. The van der Waals surface area contributed by atoms with E-state index in [1.807, 2.05) is 24.3 Å². The number of rotatable bonds is 6. The van der Waals surface area contributed by atoms with E-state index < -0.39 is 12.3 Å². The van der Waals surface area contributed by atoms with E-state index in [4.69, 9.17) is 9.84 Å². The minimum absolute atomic E-state index is 0.211. The SMILES string of the molecule is Cc1ccc([I+]c2ccc(OCC(=O)OC(C)O)cc2)cc1. The van der Waals surface area contributed by atoms with Crippen molar-refractivity contribution in [3.63, 3.8) is 0 Å². The van der Waals surface area contributed by atoms with Crippen LogP contribution in [-0.4, -0.2) is 24.0 Å². The number of benzene rings is 2. The van der Waals surface area contributed by atoms with Gasteiger partial charge in [0.2, 0.25) is 0 Å². The molecule has 2 aromatic carbocycles. The Morgan fingerprint density at radius 2 is 1.64 bits per heavy atom. The number of carbonyl (C=O) groups is 1. The van der Waals surface area contributed by atoms with Crippen LogP contribution < -0.4 is 25.9 Å². The molecule has 0 aliphatic heterocycles. The molecule has 0 bridgehead atoms. The fourth-order valence-electron chi connectivity index (χ4n) is 1.68. The molecule has 4 nitrogen and oxygen atoms in total. The van der Waals surface area contributed by atoms with Gasteiger partial charge in [-0.05, 0) is 50.2 Å². The Balaban J connectivity index is 1.87. The van der Waals surface area contributed by atoms with Crippen LogP contribution in [0.3, 0.4) is 0 Å². The molecule has 0 saturated heterocycles. The number of carbonyl (C=O) groups excluding carboxylic acids is 1. The molecule has 116 valence electrons. The summed E-state index contributed by atoms with van der Waals surface area (Å²) in [6.07, 6.45) is -1.11. The van der Waals surface area contributed by atoms with Crippen molar-refractivity contribution in [1.29, 1.82) is 0 Å². The molecule has 0 amide bonds. The Labute approximate surface area is 140 Å². The van der Waals surface area contributed by atoms with E-state index in [-0.39, 0.29) is 27.8 Å². The molecule has 22 heavy (non-hydrogen) atoms. The lowest BCUT2D eigenvalue weighted by molar-refractivity contribution is -0.597. The van der Waals surface area contributed by atoms with E-state index in [1.165, 1.54) is 19.6 Å². The first-order valence-corrected chi connectivity index (χ1v) is 9.00. The van der Waals surface area contributed by atoms with Crippen LogP contribution >= 0.6 is 0 Å². The van der Waals surface area contributed by atoms with Crippen LogP contribution in [0.5, 0.6) is 5.75 Å². The highest BCUT2D eigenvalue weighted by molar-refractivity contribution is 5.71. The summed E-state index contributed by atoms with van der Waals surface area (Å²) in [5.74, 6) is 0.0189. The zero-order valence-corrected chi connectivity index (χ0v) is 14.6. The first kappa shape index (κ1) is 16.8. The summed E-state index contributed by atoms with van der Waals surface area (Å²) in [6.45, 7) is 3.25. The third-order valence-corrected chi connectivity index (χ3v) is 5.39. The van der Waals surface area contributed by atoms with E-state index in [0.717, 1.165) is 0 Å². The van der Waals surface area contributed by atoms with Gasteiger partial charge in [-0.15, -0.1) is 0 Å². The number of esters is 1. The van der Waals surface area contributed by atoms with Crippen LogP contribution in [0.25, 0.3) is 0 Å².